The second-order valence-corrected chi connectivity index (χ2v) is 8.92. The molecule has 0 saturated carbocycles. The number of carbonyl (C=O) groups is 2. The molecular formula is C23H26N4O2S. The second-order valence-electron chi connectivity index (χ2n) is 7.59. The summed E-state index contributed by atoms with van der Waals surface area (Å²) in [7, 11) is 0. The fourth-order valence-electron chi connectivity index (χ4n) is 3.66. The number of hydrogen-bond acceptors (Lipinski definition) is 4. The van der Waals surface area contributed by atoms with Crippen LogP contribution in [0.2, 0.25) is 0 Å². The summed E-state index contributed by atoms with van der Waals surface area (Å²) >= 11 is 1.60. The van der Waals surface area contributed by atoms with Gasteiger partial charge in [-0.3, -0.25) is 9.59 Å². The van der Waals surface area contributed by atoms with Gasteiger partial charge < -0.3 is 15.2 Å². The van der Waals surface area contributed by atoms with E-state index >= 15 is 0 Å². The zero-order valence-electron chi connectivity index (χ0n) is 17.0. The van der Waals surface area contributed by atoms with Crippen LogP contribution in [-0.2, 0) is 4.79 Å². The molecule has 1 aromatic heterocycles. The van der Waals surface area contributed by atoms with E-state index in [1.165, 1.54) is 0 Å². The largest absolute Gasteiger partial charge is 0.349 e. The van der Waals surface area contributed by atoms with Crippen molar-refractivity contribution in [3.05, 3.63) is 66.0 Å². The van der Waals surface area contributed by atoms with Crippen molar-refractivity contribution in [2.45, 2.75) is 31.1 Å². The van der Waals surface area contributed by atoms with Gasteiger partial charge in [-0.05, 0) is 44.0 Å². The first-order chi connectivity index (χ1) is 14.6. The predicted octanol–water partition coefficient (Wildman–Crippen LogP) is 3.78. The molecule has 0 spiro atoms. The molecule has 3 aromatic rings. The Bertz CT molecular complexity index is 979. The molecule has 6 nitrogen and oxygen atoms in total. The summed E-state index contributed by atoms with van der Waals surface area (Å²) in [5, 5.41) is 3.20. The minimum absolute atomic E-state index is 0.0457. The van der Waals surface area contributed by atoms with E-state index in [1.54, 1.807) is 11.8 Å². The van der Waals surface area contributed by atoms with Gasteiger partial charge in [0.2, 0.25) is 5.91 Å². The Labute approximate surface area is 180 Å². The lowest BCUT2D eigenvalue weighted by atomic mass is 10.0. The molecule has 0 radical (unpaired) electrons. The zero-order valence-corrected chi connectivity index (χ0v) is 17.8. The predicted molar refractivity (Wildman–Crippen MR) is 120 cm³/mol. The van der Waals surface area contributed by atoms with E-state index in [-0.39, 0.29) is 23.1 Å². The van der Waals surface area contributed by atoms with Crippen LogP contribution in [0.1, 0.15) is 41.2 Å². The molecule has 1 atom stereocenters. The molecule has 1 saturated heterocycles. The number of nitrogens with zero attached hydrogens (tertiary/aromatic N) is 2. The fourth-order valence-corrected chi connectivity index (χ4v) is 4.51. The topological polar surface area (TPSA) is 78.1 Å². The number of hydrogen-bond donors (Lipinski definition) is 2. The molecule has 2 amide bonds. The van der Waals surface area contributed by atoms with Gasteiger partial charge in [-0.1, -0.05) is 30.3 Å². The first kappa shape index (κ1) is 20.5. The van der Waals surface area contributed by atoms with Gasteiger partial charge in [0.15, 0.2) is 0 Å². The van der Waals surface area contributed by atoms with Gasteiger partial charge in [-0.15, -0.1) is 11.8 Å². The number of para-hydroxylation sites is 2. The smallest absolute Gasteiger partial charge is 0.251 e. The lowest BCUT2D eigenvalue weighted by Gasteiger charge is -2.32. The summed E-state index contributed by atoms with van der Waals surface area (Å²) in [6.45, 7) is 3.43. The lowest BCUT2D eigenvalue weighted by molar-refractivity contribution is -0.129. The van der Waals surface area contributed by atoms with Crippen molar-refractivity contribution in [2.75, 3.05) is 18.8 Å². The summed E-state index contributed by atoms with van der Waals surface area (Å²) in [4.78, 5) is 34.8. The Morgan fingerprint density at radius 2 is 1.83 bits per heavy atom. The van der Waals surface area contributed by atoms with E-state index < -0.39 is 0 Å². The third kappa shape index (κ3) is 4.84. The minimum Gasteiger partial charge on any atom is -0.349 e. The molecule has 1 fully saturated rings. The van der Waals surface area contributed by atoms with Crippen LogP contribution < -0.4 is 5.32 Å². The molecule has 0 aliphatic carbocycles. The molecule has 156 valence electrons. The maximum Gasteiger partial charge on any atom is 0.251 e. The summed E-state index contributed by atoms with van der Waals surface area (Å²) in [5.41, 5.74) is 2.64. The first-order valence-electron chi connectivity index (χ1n) is 10.3. The monoisotopic (exact) mass is 422 g/mol. The number of amides is 2. The van der Waals surface area contributed by atoms with Crippen LogP contribution in [0.3, 0.4) is 0 Å². The van der Waals surface area contributed by atoms with E-state index in [4.69, 9.17) is 0 Å². The number of H-pyrrole nitrogens is 1. The molecule has 7 heteroatoms. The fraction of sp³-hybridized carbons (Fsp3) is 0.348. The number of fused-ring (bicyclic) bond motifs is 1. The van der Waals surface area contributed by atoms with E-state index in [0.29, 0.717) is 24.4 Å². The highest BCUT2D eigenvalue weighted by atomic mass is 32.2. The zero-order chi connectivity index (χ0) is 20.9. The van der Waals surface area contributed by atoms with Crippen LogP contribution in [0, 0.1) is 0 Å². The van der Waals surface area contributed by atoms with Crippen LogP contribution in [0.5, 0.6) is 0 Å². The molecule has 2 aromatic carbocycles. The van der Waals surface area contributed by atoms with Crippen molar-refractivity contribution in [2.24, 2.45) is 0 Å². The molecule has 30 heavy (non-hydrogen) atoms. The third-order valence-electron chi connectivity index (χ3n) is 5.47. The van der Waals surface area contributed by atoms with E-state index in [9.17, 15) is 9.59 Å². The number of imidazole rings is 1. The number of aromatic nitrogens is 2. The van der Waals surface area contributed by atoms with E-state index in [2.05, 4.69) is 22.2 Å². The third-order valence-corrected chi connectivity index (χ3v) is 6.61. The van der Waals surface area contributed by atoms with Crippen LogP contribution in [0.4, 0.5) is 0 Å². The Morgan fingerprint density at radius 3 is 2.57 bits per heavy atom. The highest BCUT2D eigenvalue weighted by molar-refractivity contribution is 8.00. The molecule has 1 aliphatic rings. The minimum atomic E-state index is -0.0457. The quantitative estimate of drug-likeness (QED) is 0.634. The summed E-state index contributed by atoms with van der Waals surface area (Å²) in [6.07, 6.45) is 1.57. The number of benzene rings is 2. The van der Waals surface area contributed by atoms with Crippen molar-refractivity contribution in [1.29, 1.82) is 0 Å². The standard InChI is InChI=1S/C23H26N4O2S/c1-16(22-25-19-9-5-6-10-20(19)26-22)30-15-21(28)27-13-11-18(12-14-27)24-23(29)17-7-3-2-4-8-17/h2-10,16,18H,11-15H2,1H3,(H,24,29)(H,25,26)/t16-/m0/s1. The van der Waals surface area contributed by atoms with Gasteiger partial charge in [-0.25, -0.2) is 4.98 Å². The highest BCUT2D eigenvalue weighted by Gasteiger charge is 2.24. The van der Waals surface area contributed by atoms with Gasteiger partial charge in [0, 0.05) is 24.7 Å². The molecular weight excluding hydrogens is 396 g/mol. The summed E-state index contributed by atoms with van der Waals surface area (Å²) in [5.74, 6) is 1.43. The van der Waals surface area contributed by atoms with Crippen molar-refractivity contribution in [3.8, 4) is 0 Å². The number of aromatic amines is 1. The Balaban J connectivity index is 1.23. The molecule has 0 bridgehead atoms. The number of thioether (sulfide) groups is 1. The SMILES string of the molecule is C[C@H](SCC(=O)N1CCC(NC(=O)c2ccccc2)CC1)c1nc2ccccc2[nH]1. The van der Waals surface area contributed by atoms with Gasteiger partial charge in [0.25, 0.3) is 5.91 Å². The van der Waals surface area contributed by atoms with Gasteiger partial charge in [0.05, 0.1) is 22.0 Å². The van der Waals surface area contributed by atoms with Crippen molar-refractivity contribution in [1.82, 2.24) is 20.2 Å². The summed E-state index contributed by atoms with van der Waals surface area (Å²) in [6, 6.07) is 17.3. The molecule has 2 heterocycles. The number of nitrogens with one attached hydrogen (secondary N) is 2. The number of rotatable bonds is 6. The van der Waals surface area contributed by atoms with Crippen molar-refractivity contribution >= 4 is 34.6 Å². The number of carbonyl (C=O) groups excluding carboxylic acids is 2. The molecule has 0 unspecified atom stereocenters. The first-order valence-corrected chi connectivity index (χ1v) is 11.3. The number of piperidine rings is 1. The van der Waals surface area contributed by atoms with Crippen LogP contribution in [-0.4, -0.2) is 51.6 Å². The van der Waals surface area contributed by atoms with Crippen LogP contribution in [0.25, 0.3) is 11.0 Å². The molecule has 1 aliphatic heterocycles. The normalized spacial score (nSPS) is 15.8. The highest BCUT2D eigenvalue weighted by Crippen LogP contribution is 2.28. The Morgan fingerprint density at radius 1 is 1.13 bits per heavy atom. The Kier molecular flexibility index (Phi) is 6.38. The maximum atomic E-state index is 12.6. The van der Waals surface area contributed by atoms with Gasteiger partial charge in [-0.2, -0.15) is 0 Å². The maximum absolute atomic E-state index is 12.6. The molecule has 4 rings (SSSR count). The average Bonchev–Trinajstić information content (AvgIpc) is 3.23. The second kappa shape index (κ2) is 9.34. The lowest BCUT2D eigenvalue weighted by Crippen LogP contribution is -2.47. The molecule has 2 N–H and O–H groups in total. The van der Waals surface area contributed by atoms with Gasteiger partial charge in [0.1, 0.15) is 5.82 Å². The Hall–Kier alpha value is -2.80. The average molecular weight is 423 g/mol. The van der Waals surface area contributed by atoms with Crippen LogP contribution >= 0.6 is 11.8 Å². The van der Waals surface area contributed by atoms with Gasteiger partial charge >= 0.3 is 0 Å². The van der Waals surface area contributed by atoms with E-state index in [0.717, 1.165) is 29.7 Å². The van der Waals surface area contributed by atoms with Crippen molar-refractivity contribution < 1.29 is 9.59 Å². The van der Waals surface area contributed by atoms with Crippen LogP contribution in [0.15, 0.2) is 54.6 Å². The summed E-state index contributed by atoms with van der Waals surface area (Å²) < 4.78 is 0. The number of likely N-dealkylation sites (tertiary alicyclic amines) is 1. The van der Waals surface area contributed by atoms with E-state index in [1.807, 2.05) is 59.5 Å². The van der Waals surface area contributed by atoms with Crippen molar-refractivity contribution in [3.63, 3.8) is 0 Å².